The van der Waals surface area contributed by atoms with Crippen LogP contribution in [-0.2, 0) is 0 Å². The molecule has 1 aromatic carbocycles. The molecule has 3 fully saturated rings. The molecular weight excluding hydrogens is 368 g/mol. The van der Waals surface area contributed by atoms with Crippen LogP contribution in [0, 0.1) is 29.1 Å². The molecule has 3 atom stereocenters. The Morgan fingerprint density at radius 3 is 2.52 bits per heavy atom. The van der Waals surface area contributed by atoms with E-state index in [1.165, 1.54) is 19.3 Å². The van der Waals surface area contributed by atoms with Gasteiger partial charge < -0.3 is 20.1 Å². The highest BCUT2D eigenvalue weighted by atomic mass is 16.5. The first-order valence-electron chi connectivity index (χ1n) is 10.6. The second-order valence-electron chi connectivity index (χ2n) is 8.82. The number of rotatable bonds is 7. The van der Waals surface area contributed by atoms with Crippen LogP contribution < -0.4 is 10.1 Å². The van der Waals surface area contributed by atoms with Crippen LogP contribution in [-0.4, -0.2) is 72.9 Å². The largest absolute Gasteiger partial charge is 0.491 e. The Bertz CT molecular complexity index is 729. The van der Waals surface area contributed by atoms with Crippen molar-refractivity contribution in [1.29, 1.82) is 5.26 Å². The van der Waals surface area contributed by atoms with Crippen LogP contribution in [0.4, 0.5) is 4.79 Å². The summed E-state index contributed by atoms with van der Waals surface area (Å²) in [6.07, 6.45) is 3.10. The van der Waals surface area contributed by atoms with Gasteiger partial charge in [-0.15, -0.1) is 0 Å². The molecule has 0 aromatic heterocycles. The number of carbonyl (C=O) groups is 1. The van der Waals surface area contributed by atoms with E-state index in [2.05, 4.69) is 16.3 Å². The molecule has 3 aliphatic rings. The number of likely N-dealkylation sites (tertiary alicyclic amines) is 2. The second-order valence-corrected chi connectivity index (χ2v) is 8.82. The van der Waals surface area contributed by atoms with Gasteiger partial charge in [0.25, 0.3) is 0 Å². The number of aliphatic hydroxyl groups is 1. The normalized spacial score (nSPS) is 25.2. The number of fused-ring (bicyclic) bond motifs is 2. The van der Waals surface area contributed by atoms with Crippen molar-refractivity contribution < 1.29 is 14.6 Å². The highest BCUT2D eigenvalue weighted by Gasteiger charge is 2.36. The molecular formula is C22H30N4O3. The summed E-state index contributed by atoms with van der Waals surface area (Å²) in [6, 6.07) is 9.09. The maximum atomic E-state index is 12.4. The topological polar surface area (TPSA) is 88.8 Å². The molecule has 1 saturated carbocycles. The summed E-state index contributed by atoms with van der Waals surface area (Å²) < 4.78 is 5.66. The van der Waals surface area contributed by atoms with Gasteiger partial charge in [-0.2, -0.15) is 5.26 Å². The SMILES string of the molecule is N#Cc1ccc(OC[C@@H](O)CN2CC3CC(C2)CN(C(=O)NCC2CC2)C3)cc1. The number of hydrogen-bond donors (Lipinski definition) is 2. The molecule has 0 spiro atoms. The standard InChI is InChI=1S/C22H30N4O3/c23-8-16-3-5-21(6-4-16)29-15-20(27)14-25-10-18-7-19(11-25)13-26(12-18)22(28)24-9-17-1-2-17/h3-6,17-20,27H,1-2,7,9-15H2,(H,24,28)/t18?,19?,20-/m0/s1. The van der Waals surface area contributed by atoms with E-state index in [1.54, 1.807) is 24.3 Å². The predicted molar refractivity (Wildman–Crippen MR) is 108 cm³/mol. The average Bonchev–Trinajstić information content (AvgIpc) is 3.54. The second kappa shape index (κ2) is 9.02. The Morgan fingerprint density at radius 1 is 1.21 bits per heavy atom. The van der Waals surface area contributed by atoms with Crippen molar-refractivity contribution in [2.45, 2.75) is 25.4 Å². The van der Waals surface area contributed by atoms with Gasteiger partial charge in [-0.05, 0) is 61.3 Å². The molecule has 156 valence electrons. The zero-order valence-electron chi connectivity index (χ0n) is 16.8. The minimum absolute atomic E-state index is 0.0934. The van der Waals surface area contributed by atoms with Crippen molar-refractivity contribution >= 4 is 6.03 Å². The molecule has 7 heteroatoms. The lowest BCUT2D eigenvalue weighted by atomic mass is 9.84. The van der Waals surface area contributed by atoms with Gasteiger partial charge in [0.1, 0.15) is 18.5 Å². The van der Waals surface area contributed by atoms with E-state index >= 15 is 0 Å². The van der Waals surface area contributed by atoms with Gasteiger partial charge in [0, 0.05) is 39.3 Å². The molecule has 29 heavy (non-hydrogen) atoms. The highest BCUT2D eigenvalue weighted by molar-refractivity contribution is 5.74. The van der Waals surface area contributed by atoms with Gasteiger partial charge in [-0.25, -0.2) is 4.79 Å². The van der Waals surface area contributed by atoms with Crippen molar-refractivity contribution in [3.63, 3.8) is 0 Å². The molecule has 2 bridgehead atoms. The van der Waals surface area contributed by atoms with Gasteiger partial charge in [-0.3, -0.25) is 4.90 Å². The van der Waals surface area contributed by atoms with E-state index in [0.29, 0.717) is 35.6 Å². The molecule has 0 radical (unpaired) electrons. The molecule has 2 aliphatic heterocycles. The van der Waals surface area contributed by atoms with Crippen LogP contribution in [0.3, 0.4) is 0 Å². The number of hydrogen-bond acceptors (Lipinski definition) is 5. The van der Waals surface area contributed by atoms with Gasteiger partial charge in [-0.1, -0.05) is 0 Å². The summed E-state index contributed by atoms with van der Waals surface area (Å²) in [4.78, 5) is 16.7. The van der Waals surface area contributed by atoms with Crippen molar-refractivity contribution in [2.75, 3.05) is 45.9 Å². The van der Waals surface area contributed by atoms with E-state index in [-0.39, 0.29) is 12.6 Å². The van der Waals surface area contributed by atoms with E-state index < -0.39 is 6.10 Å². The first kappa shape index (κ1) is 20.0. The molecule has 2 amide bonds. The molecule has 2 N–H and O–H groups in total. The van der Waals surface area contributed by atoms with Crippen LogP contribution in [0.1, 0.15) is 24.8 Å². The minimum Gasteiger partial charge on any atom is -0.491 e. The number of ether oxygens (including phenoxy) is 1. The molecule has 1 aliphatic carbocycles. The van der Waals surface area contributed by atoms with Crippen LogP contribution >= 0.6 is 0 Å². The maximum Gasteiger partial charge on any atom is 0.317 e. The third-order valence-electron chi connectivity index (χ3n) is 6.08. The van der Waals surface area contributed by atoms with Crippen LogP contribution in [0.2, 0.25) is 0 Å². The molecule has 7 nitrogen and oxygen atoms in total. The lowest BCUT2D eigenvalue weighted by molar-refractivity contribution is 0.00919. The number of piperidine rings is 2. The fraction of sp³-hybridized carbons (Fsp3) is 0.636. The van der Waals surface area contributed by atoms with Gasteiger partial charge in [0.05, 0.1) is 11.6 Å². The van der Waals surface area contributed by atoms with Crippen molar-refractivity contribution in [2.24, 2.45) is 17.8 Å². The fourth-order valence-corrected chi connectivity index (χ4v) is 4.54. The Hall–Kier alpha value is -2.30. The Balaban J connectivity index is 1.20. The highest BCUT2D eigenvalue weighted by Crippen LogP contribution is 2.30. The number of carbonyl (C=O) groups excluding carboxylic acids is 1. The number of amides is 2. The summed E-state index contributed by atoms with van der Waals surface area (Å²) in [5.74, 6) is 2.31. The van der Waals surface area contributed by atoms with Crippen molar-refractivity contribution in [3.05, 3.63) is 29.8 Å². The molecule has 4 rings (SSSR count). The van der Waals surface area contributed by atoms with Crippen LogP contribution in [0.5, 0.6) is 5.75 Å². The van der Waals surface area contributed by atoms with E-state index in [0.717, 1.165) is 32.7 Å². The third kappa shape index (κ3) is 5.62. The summed E-state index contributed by atoms with van der Waals surface area (Å²) in [5, 5.41) is 22.3. The van der Waals surface area contributed by atoms with Crippen molar-refractivity contribution in [3.8, 4) is 11.8 Å². The lowest BCUT2D eigenvalue weighted by Crippen LogP contribution is -2.57. The molecule has 2 saturated heterocycles. The van der Waals surface area contributed by atoms with Crippen LogP contribution in [0.25, 0.3) is 0 Å². The third-order valence-corrected chi connectivity index (χ3v) is 6.08. The lowest BCUT2D eigenvalue weighted by Gasteiger charge is -2.46. The minimum atomic E-state index is -0.567. The summed E-state index contributed by atoms with van der Waals surface area (Å²) >= 11 is 0. The molecule has 1 aromatic rings. The van der Waals surface area contributed by atoms with E-state index in [4.69, 9.17) is 10.00 Å². The smallest absolute Gasteiger partial charge is 0.317 e. The number of urea groups is 1. The first-order valence-corrected chi connectivity index (χ1v) is 10.6. The number of nitriles is 1. The number of aliphatic hydroxyl groups excluding tert-OH is 1. The number of nitrogens with zero attached hydrogens (tertiary/aromatic N) is 3. The van der Waals surface area contributed by atoms with Gasteiger partial charge in [0.2, 0.25) is 0 Å². The zero-order chi connectivity index (χ0) is 20.2. The summed E-state index contributed by atoms with van der Waals surface area (Å²) in [5.41, 5.74) is 0.591. The van der Waals surface area contributed by atoms with Gasteiger partial charge in [0.15, 0.2) is 0 Å². The Labute approximate surface area is 172 Å². The number of β-amino-alcohol motifs (C(OH)–C–C–N with tert-alkyl or cyclic N) is 1. The average molecular weight is 399 g/mol. The number of benzene rings is 1. The summed E-state index contributed by atoms with van der Waals surface area (Å²) in [6.45, 7) is 5.07. The van der Waals surface area contributed by atoms with Crippen LogP contribution in [0.15, 0.2) is 24.3 Å². The summed E-state index contributed by atoms with van der Waals surface area (Å²) in [7, 11) is 0. The maximum absolute atomic E-state index is 12.4. The Morgan fingerprint density at radius 2 is 1.90 bits per heavy atom. The predicted octanol–water partition coefficient (Wildman–Crippen LogP) is 1.67. The van der Waals surface area contributed by atoms with E-state index in [1.807, 2.05) is 4.90 Å². The molecule has 2 unspecified atom stereocenters. The fourth-order valence-electron chi connectivity index (χ4n) is 4.54. The zero-order valence-corrected chi connectivity index (χ0v) is 16.8. The monoisotopic (exact) mass is 398 g/mol. The first-order chi connectivity index (χ1) is 14.1. The quantitative estimate of drug-likeness (QED) is 0.729. The number of nitrogens with one attached hydrogen (secondary N) is 1. The molecule has 2 heterocycles. The van der Waals surface area contributed by atoms with E-state index in [9.17, 15) is 9.90 Å². The Kier molecular flexibility index (Phi) is 6.22. The van der Waals surface area contributed by atoms with Crippen molar-refractivity contribution in [1.82, 2.24) is 15.1 Å². The van der Waals surface area contributed by atoms with Gasteiger partial charge >= 0.3 is 6.03 Å².